The number of morpholine rings is 1. The Labute approximate surface area is 216 Å². The van der Waals surface area contributed by atoms with E-state index < -0.39 is 0 Å². The zero-order chi connectivity index (χ0) is 23.8. The maximum absolute atomic E-state index is 13.3. The lowest BCUT2D eigenvalue weighted by Crippen LogP contribution is -2.40. The van der Waals surface area contributed by atoms with Crippen LogP contribution in [0.1, 0.15) is 13.3 Å². The molecule has 0 saturated carbocycles. The van der Waals surface area contributed by atoms with E-state index in [0.29, 0.717) is 24.0 Å². The first-order valence-corrected chi connectivity index (χ1v) is 12.4. The number of nitrogens with zero attached hydrogens (tertiary/aromatic N) is 3. The van der Waals surface area contributed by atoms with Crippen molar-refractivity contribution in [3.05, 3.63) is 42.5 Å². The average Bonchev–Trinajstić information content (AvgIpc) is 3.29. The summed E-state index contributed by atoms with van der Waals surface area (Å²) in [6, 6.07) is 13.0. The van der Waals surface area contributed by atoms with Gasteiger partial charge in [0.1, 0.15) is 17.2 Å². The smallest absolute Gasteiger partial charge is 0.266 e. The molecule has 0 N–H and O–H groups in total. The zero-order valence-electron chi connectivity index (χ0n) is 20.1. The van der Waals surface area contributed by atoms with E-state index in [1.165, 1.54) is 11.3 Å². The summed E-state index contributed by atoms with van der Waals surface area (Å²) < 4.78 is 23.0. The second kappa shape index (κ2) is 13.5. The van der Waals surface area contributed by atoms with Gasteiger partial charge in [-0.25, -0.2) is 4.98 Å². The maximum Gasteiger partial charge on any atom is 0.266 e. The number of methoxy groups -OCH3 is 1. The number of halogens is 1. The fourth-order valence-electron chi connectivity index (χ4n) is 3.76. The Morgan fingerprint density at radius 2 is 1.77 bits per heavy atom. The molecule has 0 unspecified atom stereocenters. The van der Waals surface area contributed by atoms with Crippen LogP contribution in [0.3, 0.4) is 0 Å². The van der Waals surface area contributed by atoms with Gasteiger partial charge in [0.05, 0.1) is 37.1 Å². The molecule has 190 valence electrons. The van der Waals surface area contributed by atoms with E-state index in [4.69, 9.17) is 23.9 Å². The predicted molar refractivity (Wildman–Crippen MR) is 141 cm³/mol. The molecule has 1 aliphatic heterocycles. The number of carbonyl (C=O) groups is 1. The van der Waals surface area contributed by atoms with Crippen LogP contribution in [-0.4, -0.2) is 75.5 Å². The van der Waals surface area contributed by atoms with E-state index in [9.17, 15) is 4.79 Å². The van der Waals surface area contributed by atoms with Gasteiger partial charge in [-0.2, -0.15) is 0 Å². The van der Waals surface area contributed by atoms with E-state index in [0.717, 1.165) is 61.0 Å². The highest BCUT2D eigenvalue weighted by atomic mass is 35.5. The lowest BCUT2D eigenvalue weighted by atomic mass is 10.3. The van der Waals surface area contributed by atoms with Crippen molar-refractivity contribution in [3.8, 4) is 17.2 Å². The number of fused-ring (bicyclic) bond motifs is 1. The Bertz CT molecular complexity index is 1070. The minimum absolute atomic E-state index is 0. The average molecular weight is 522 g/mol. The molecule has 4 rings (SSSR count). The van der Waals surface area contributed by atoms with Gasteiger partial charge in [-0.05, 0) is 55.8 Å². The predicted octanol–water partition coefficient (Wildman–Crippen LogP) is 4.26. The third kappa shape index (κ3) is 7.44. The third-order valence-corrected chi connectivity index (χ3v) is 6.61. The third-order valence-electron chi connectivity index (χ3n) is 5.57. The summed E-state index contributed by atoms with van der Waals surface area (Å²) in [5.41, 5.74) is 0.846. The van der Waals surface area contributed by atoms with Crippen molar-refractivity contribution < 1.29 is 23.7 Å². The number of anilines is 1. The summed E-state index contributed by atoms with van der Waals surface area (Å²) in [6.07, 6.45) is 0.841. The summed E-state index contributed by atoms with van der Waals surface area (Å²) in [4.78, 5) is 22.1. The number of hydrogen-bond acceptors (Lipinski definition) is 8. The van der Waals surface area contributed by atoms with Gasteiger partial charge in [0.15, 0.2) is 11.7 Å². The van der Waals surface area contributed by atoms with Gasteiger partial charge in [-0.1, -0.05) is 11.3 Å². The number of ether oxygens (including phenoxy) is 4. The van der Waals surface area contributed by atoms with Crippen LogP contribution in [0.2, 0.25) is 0 Å². The Morgan fingerprint density at radius 3 is 2.46 bits per heavy atom. The number of hydrogen-bond donors (Lipinski definition) is 0. The summed E-state index contributed by atoms with van der Waals surface area (Å²) >= 11 is 1.49. The van der Waals surface area contributed by atoms with Crippen molar-refractivity contribution in [2.45, 2.75) is 13.3 Å². The van der Waals surface area contributed by atoms with Crippen LogP contribution in [0.4, 0.5) is 5.13 Å². The van der Waals surface area contributed by atoms with Gasteiger partial charge in [-0.15, -0.1) is 12.4 Å². The van der Waals surface area contributed by atoms with Crippen LogP contribution in [-0.2, 0) is 9.53 Å². The standard InChI is InChI=1S/C25H31N3O5S.ClH/c1-3-32-19-5-7-20(8-6-19)33-18-24(29)28(12-4-11-27-13-15-31-16-14-27)25-26-22-10-9-21(30-2)17-23(22)34-25;/h5-10,17H,3-4,11-16,18H2,1-2H3;1H. The van der Waals surface area contributed by atoms with E-state index in [1.807, 2.05) is 49.4 Å². The molecule has 2 aromatic carbocycles. The van der Waals surface area contributed by atoms with Crippen molar-refractivity contribution in [1.82, 2.24) is 9.88 Å². The molecule has 1 amide bonds. The molecule has 2 heterocycles. The number of benzene rings is 2. The number of aromatic nitrogens is 1. The topological polar surface area (TPSA) is 73.4 Å². The number of rotatable bonds is 11. The van der Waals surface area contributed by atoms with Crippen molar-refractivity contribution in [2.75, 3.05) is 64.6 Å². The lowest BCUT2D eigenvalue weighted by molar-refractivity contribution is -0.120. The Balaban J connectivity index is 0.00000342. The number of thiazole rings is 1. The second-order valence-corrected chi connectivity index (χ2v) is 8.89. The van der Waals surface area contributed by atoms with E-state index in [2.05, 4.69) is 4.90 Å². The molecule has 0 atom stereocenters. The maximum atomic E-state index is 13.3. The summed E-state index contributed by atoms with van der Waals surface area (Å²) in [7, 11) is 1.64. The normalized spacial score (nSPS) is 13.8. The van der Waals surface area contributed by atoms with Crippen LogP contribution < -0.4 is 19.1 Å². The molecule has 8 nitrogen and oxygen atoms in total. The molecule has 0 bridgehead atoms. The monoisotopic (exact) mass is 521 g/mol. The van der Waals surface area contributed by atoms with Crippen LogP contribution >= 0.6 is 23.7 Å². The van der Waals surface area contributed by atoms with Crippen LogP contribution in [0.25, 0.3) is 10.2 Å². The van der Waals surface area contributed by atoms with Crippen LogP contribution in [0, 0.1) is 0 Å². The molecule has 0 spiro atoms. The summed E-state index contributed by atoms with van der Waals surface area (Å²) in [6.45, 7) is 7.33. The van der Waals surface area contributed by atoms with Gasteiger partial charge in [0.2, 0.25) is 0 Å². The molecule has 1 aliphatic rings. The van der Waals surface area contributed by atoms with Crippen molar-refractivity contribution in [1.29, 1.82) is 0 Å². The Hall–Kier alpha value is -2.59. The van der Waals surface area contributed by atoms with Crippen molar-refractivity contribution in [2.24, 2.45) is 0 Å². The second-order valence-electron chi connectivity index (χ2n) is 7.88. The van der Waals surface area contributed by atoms with Gasteiger partial charge in [-0.3, -0.25) is 14.6 Å². The lowest BCUT2D eigenvalue weighted by Gasteiger charge is -2.27. The van der Waals surface area contributed by atoms with Crippen molar-refractivity contribution >= 4 is 45.0 Å². The Kier molecular flexibility index (Phi) is 10.4. The molecule has 0 radical (unpaired) electrons. The van der Waals surface area contributed by atoms with Crippen LogP contribution in [0.5, 0.6) is 17.2 Å². The fourth-order valence-corrected chi connectivity index (χ4v) is 4.80. The number of amides is 1. The Morgan fingerprint density at radius 1 is 1.09 bits per heavy atom. The van der Waals surface area contributed by atoms with E-state index in [1.54, 1.807) is 12.0 Å². The highest BCUT2D eigenvalue weighted by Gasteiger charge is 2.21. The fraction of sp³-hybridized carbons (Fsp3) is 0.440. The largest absolute Gasteiger partial charge is 0.497 e. The highest BCUT2D eigenvalue weighted by Crippen LogP contribution is 2.32. The first-order valence-electron chi connectivity index (χ1n) is 11.6. The first kappa shape index (κ1) is 27.0. The summed E-state index contributed by atoms with van der Waals surface area (Å²) in [5, 5.41) is 0.672. The van der Waals surface area contributed by atoms with Gasteiger partial charge >= 0.3 is 0 Å². The quantitative estimate of drug-likeness (QED) is 0.373. The molecule has 1 saturated heterocycles. The highest BCUT2D eigenvalue weighted by molar-refractivity contribution is 7.22. The SMILES string of the molecule is CCOc1ccc(OCC(=O)N(CCCN2CCOCC2)c2nc3ccc(OC)cc3s2)cc1.Cl. The molecule has 35 heavy (non-hydrogen) atoms. The minimum atomic E-state index is -0.123. The molecule has 1 fully saturated rings. The number of carbonyl (C=O) groups excluding carboxylic acids is 1. The molecular weight excluding hydrogens is 490 g/mol. The first-order chi connectivity index (χ1) is 16.7. The molecule has 10 heteroatoms. The minimum Gasteiger partial charge on any atom is -0.497 e. The van der Waals surface area contributed by atoms with Gasteiger partial charge in [0, 0.05) is 26.2 Å². The zero-order valence-corrected chi connectivity index (χ0v) is 21.7. The summed E-state index contributed by atoms with van der Waals surface area (Å²) in [5.74, 6) is 2.04. The molecule has 3 aromatic rings. The van der Waals surface area contributed by atoms with Crippen molar-refractivity contribution in [3.63, 3.8) is 0 Å². The molecule has 1 aromatic heterocycles. The van der Waals surface area contributed by atoms with E-state index >= 15 is 0 Å². The van der Waals surface area contributed by atoms with Gasteiger partial charge < -0.3 is 18.9 Å². The van der Waals surface area contributed by atoms with Crippen LogP contribution in [0.15, 0.2) is 42.5 Å². The molecular formula is C25H32ClN3O5S. The van der Waals surface area contributed by atoms with E-state index in [-0.39, 0.29) is 24.9 Å². The van der Waals surface area contributed by atoms with Gasteiger partial charge in [0.25, 0.3) is 5.91 Å². The molecule has 0 aliphatic carbocycles.